The second-order valence-electron chi connectivity index (χ2n) is 10.3. The molecular weight excluding hydrogens is 376 g/mol. The molecule has 30 heavy (non-hydrogen) atoms. The molecule has 2 aliphatic heterocycles. The first kappa shape index (κ1) is 20.2. The number of aromatic amines is 1. The minimum atomic E-state index is 0.0636. The van der Waals surface area contributed by atoms with Crippen molar-refractivity contribution in [1.29, 1.82) is 0 Å². The number of carbonyl (C=O) groups is 1. The normalized spacial score (nSPS) is 28.4. The number of H-pyrrole nitrogens is 1. The van der Waals surface area contributed by atoms with Gasteiger partial charge in [-0.25, -0.2) is 4.98 Å². The van der Waals surface area contributed by atoms with Crippen molar-refractivity contribution in [3.05, 3.63) is 27.4 Å². The summed E-state index contributed by atoms with van der Waals surface area (Å²) < 4.78 is 0. The molecule has 0 aromatic carbocycles. The third kappa shape index (κ3) is 4.20. The van der Waals surface area contributed by atoms with E-state index < -0.39 is 0 Å². The van der Waals surface area contributed by atoms with E-state index in [4.69, 9.17) is 4.98 Å². The molecule has 6 nitrogen and oxygen atoms in total. The molecule has 164 valence electrons. The lowest BCUT2D eigenvalue weighted by molar-refractivity contribution is -0.133. The summed E-state index contributed by atoms with van der Waals surface area (Å²) >= 11 is 0. The van der Waals surface area contributed by atoms with Crippen molar-refractivity contribution in [2.45, 2.75) is 77.2 Å². The molecule has 1 aromatic heterocycles. The van der Waals surface area contributed by atoms with Crippen LogP contribution >= 0.6 is 0 Å². The first-order valence-corrected chi connectivity index (χ1v) is 12.2. The average Bonchev–Trinajstić information content (AvgIpc) is 3.51. The van der Waals surface area contributed by atoms with Crippen LogP contribution < -0.4 is 5.56 Å². The number of amides is 1. The summed E-state index contributed by atoms with van der Waals surface area (Å²) in [6, 6.07) is 0. The number of fused-ring (bicyclic) bond motifs is 1. The fraction of sp³-hybridized carbons (Fsp3) is 0.792. The highest BCUT2D eigenvalue weighted by Crippen LogP contribution is 2.40. The van der Waals surface area contributed by atoms with Crippen LogP contribution in [0.5, 0.6) is 0 Å². The minimum Gasteiger partial charge on any atom is -0.342 e. The summed E-state index contributed by atoms with van der Waals surface area (Å²) in [5.74, 6) is 3.09. The summed E-state index contributed by atoms with van der Waals surface area (Å²) in [6.45, 7) is 6.65. The van der Waals surface area contributed by atoms with Gasteiger partial charge in [-0.05, 0) is 43.9 Å². The molecule has 0 spiro atoms. The highest BCUT2D eigenvalue weighted by atomic mass is 16.2. The Balaban J connectivity index is 1.21. The van der Waals surface area contributed by atoms with Crippen LogP contribution in [0.15, 0.2) is 4.79 Å². The Hall–Kier alpha value is -1.69. The maximum absolute atomic E-state index is 12.9. The van der Waals surface area contributed by atoms with E-state index in [9.17, 15) is 9.59 Å². The molecule has 4 aliphatic rings. The molecule has 0 bridgehead atoms. The Kier molecular flexibility index (Phi) is 5.69. The molecule has 6 heteroatoms. The Morgan fingerprint density at radius 1 is 1.10 bits per heavy atom. The molecule has 3 fully saturated rings. The molecule has 0 radical (unpaired) electrons. The molecule has 5 rings (SSSR count). The quantitative estimate of drug-likeness (QED) is 0.825. The number of carbonyl (C=O) groups excluding carboxylic acids is 1. The van der Waals surface area contributed by atoms with Gasteiger partial charge in [-0.1, -0.05) is 26.2 Å². The zero-order valence-electron chi connectivity index (χ0n) is 18.4. The lowest BCUT2D eigenvalue weighted by atomic mass is 9.88. The fourth-order valence-electron chi connectivity index (χ4n) is 5.86. The molecular formula is C24H36N4O2. The predicted molar refractivity (Wildman–Crippen MR) is 116 cm³/mol. The molecule has 2 atom stereocenters. The van der Waals surface area contributed by atoms with Gasteiger partial charge in [-0.2, -0.15) is 0 Å². The number of rotatable bonds is 4. The first-order chi connectivity index (χ1) is 14.6. The Morgan fingerprint density at radius 2 is 1.83 bits per heavy atom. The van der Waals surface area contributed by atoms with Crippen LogP contribution in [0.25, 0.3) is 0 Å². The number of hydrogen-bond acceptors (Lipinski definition) is 4. The van der Waals surface area contributed by atoms with Gasteiger partial charge in [0, 0.05) is 51.0 Å². The van der Waals surface area contributed by atoms with Gasteiger partial charge >= 0.3 is 0 Å². The monoisotopic (exact) mass is 412 g/mol. The van der Waals surface area contributed by atoms with Crippen molar-refractivity contribution in [3.8, 4) is 0 Å². The average molecular weight is 413 g/mol. The van der Waals surface area contributed by atoms with Gasteiger partial charge in [-0.15, -0.1) is 0 Å². The number of hydrogen-bond donors (Lipinski definition) is 1. The van der Waals surface area contributed by atoms with Gasteiger partial charge in [-0.3, -0.25) is 14.5 Å². The van der Waals surface area contributed by atoms with Crippen LogP contribution in [0.2, 0.25) is 0 Å². The fourth-order valence-corrected chi connectivity index (χ4v) is 5.86. The Labute approximate surface area is 179 Å². The lowest BCUT2D eigenvalue weighted by Gasteiger charge is -2.34. The number of likely N-dealkylation sites (tertiary alicyclic amines) is 1. The molecule has 2 saturated carbocycles. The zero-order chi connectivity index (χ0) is 20.7. The summed E-state index contributed by atoms with van der Waals surface area (Å²) in [4.78, 5) is 37.9. The van der Waals surface area contributed by atoms with Crippen molar-refractivity contribution in [3.63, 3.8) is 0 Å². The summed E-state index contributed by atoms with van der Waals surface area (Å²) in [5, 5.41) is 0. The van der Waals surface area contributed by atoms with E-state index >= 15 is 0 Å². The zero-order valence-corrected chi connectivity index (χ0v) is 18.4. The van der Waals surface area contributed by atoms with Crippen LogP contribution in [-0.2, 0) is 17.8 Å². The molecule has 1 amide bonds. The first-order valence-electron chi connectivity index (χ1n) is 12.2. The van der Waals surface area contributed by atoms with Crippen LogP contribution in [0.1, 0.15) is 81.3 Å². The maximum atomic E-state index is 12.9. The van der Waals surface area contributed by atoms with Crippen molar-refractivity contribution >= 4 is 5.91 Å². The van der Waals surface area contributed by atoms with Crippen LogP contribution in [0.4, 0.5) is 0 Å². The standard InChI is InChI=1S/C24H36N4O2/c1-16-13-19(16)24(30)28-11-7-18(8-12-28)22-25-21-9-10-27(15-20(21)23(29)26-22)14-17-5-3-2-4-6-17/h16-19H,2-15H2,1H3,(H,25,26,29)/t16-,19+/m0/s1. The summed E-state index contributed by atoms with van der Waals surface area (Å²) in [7, 11) is 0. The number of aromatic nitrogens is 2. The largest absolute Gasteiger partial charge is 0.342 e. The van der Waals surface area contributed by atoms with E-state index in [0.717, 1.165) is 81.4 Å². The second-order valence-corrected chi connectivity index (χ2v) is 10.3. The summed E-state index contributed by atoms with van der Waals surface area (Å²) in [5.41, 5.74) is 1.96. The Bertz CT molecular complexity index is 836. The van der Waals surface area contributed by atoms with Crippen molar-refractivity contribution in [1.82, 2.24) is 19.8 Å². The SMILES string of the molecule is C[C@H]1C[C@H]1C(=O)N1CCC(c2nc3c(c(=O)[nH]2)CN(CC2CCCCC2)CC3)CC1. The predicted octanol–water partition coefficient (Wildman–Crippen LogP) is 3.07. The van der Waals surface area contributed by atoms with Gasteiger partial charge in [0.25, 0.3) is 5.56 Å². The number of nitrogens with one attached hydrogen (secondary N) is 1. The van der Waals surface area contributed by atoms with Gasteiger partial charge < -0.3 is 9.88 Å². The molecule has 1 saturated heterocycles. The van der Waals surface area contributed by atoms with E-state index in [-0.39, 0.29) is 17.4 Å². The Morgan fingerprint density at radius 3 is 2.53 bits per heavy atom. The van der Waals surface area contributed by atoms with E-state index in [2.05, 4.69) is 16.8 Å². The van der Waals surface area contributed by atoms with Crippen molar-refractivity contribution in [2.24, 2.45) is 17.8 Å². The van der Waals surface area contributed by atoms with Gasteiger partial charge in [0.2, 0.25) is 5.91 Å². The highest BCUT2D eigenvalue weighted by Gasteiger charge is 2.42. The van der Waals surface area contributed by atoms with Crippen LogP contribution in [0.3, 0.4) is 0 Å². The molecule has 2 aliphatic carbocycles. The summed E-state index contributed by atoms with van der Waals surface area (Å²) in [6.07, 6.45) is 10.6. The molecule has 1 N–H and O–H groups in total. The van der Waals surface area contributed by atoms with Gasteiger partial charge in [0.15, 0.2) is 0 Å². The minimum absolute atomic E-state index is 0.0636. The van der Waals surface area contributed by atoms with E-state index in [1.54, 1.807) is 0 Å². The van der Waals surface area contributed by atoms with E-state index in [1.807, 2.05) is 4.90 Å². The second kappa shape index (κ2) is 8.45. The molecule has 3 heterocycles. The van der Waals surface area contributed by atoms with Crippen LogP contribution in [0, 0.1) is 17.8 Å². The maximum Gasteiger partial charge on any atom is 0.255 e. The van der Waals surface area contributed by atoms with Gasteiger partial charge in [0.1, 0.15) is 5.82 Å². The third-order valence-corrected chi connectivity index (χ3v) is 8.03. The van der Waals surface area contributed by atoms with Crippen molar-refractivity contribution in [2.75, 3.05) is 26.2 Å². The van der Waals surface area contributed by atoms with Gasteiger partial charge in [0.05, 0.1) is 11.3 Å². The third-order valence-electron chi connectivity index (χ3n) is 8.03. The number of piperidine rings is 1. The number of nitrogens with zero attached hydrogens (tertiary/aromatic N) is 3. The smallest absolute Gasteiger partial charge is 0.255 e. The van der Waals surface area contributed by atoms with Crippen molar-refractivity contribution < 1.29 is 4.79 Å². The topological polar surface area (TPSA) is 69.3 Å². The van der Waals surface area contributed by atoms with Crippen LogP contribution in [-0.4, -0.2) is 51.9 Å². The highest BCUT2D eigenvalue weighted by molar-refractivity contribution is 5.81. The lowest BCUT2D eigenvalue weighted by Crippen LogP contribution is -2.41. The van der Waals surface area contributed by atoms with E-state index in [0.29, 0.717) is 11.8 Å². The van der Waals surface area contributed by atoms with E-state index in [1.165, 1.54) is 32.1 Å². The molecule has 1 aromatic rings. The molecule has 0 unspecified atom stereocenters.